The Hall–Kier alpha value is -1.62. The Kier molecular flexibility index (Phi) is 6.01. The molecule has 0 atom stereocenters. The van der Waals surface area contributed by atoms with Crippen molar-refractivity contribution in [1.82, 2.24) is 0 Å². The maximum absolute atomic E-state index is 12.6. The van der Waals surface area contributed by atoms with E-state index < -0.39 is 25.0 Å². The van der Waals surface area contributed by atoms with E-state index in [0.717, 1.165) is 12.1 Å². The predicted molar refractivity (Wildman–Crippen MR) is 99.8 cm³/mol. The fourth-order valence-electron chi connectivity index (χ4n) is 2.39. The summed E-state index contributed by atoms with van der Waals surface area (Å²) in [6.45, 7) is 0. The molecule has 0 aliphatic carbocycles. The van der Waals surface area contributed by atoms with Crippen LogP contribution < -0.4 is 4.72 Å². The number of anilines is 1. The second-order valence-corrected chi connectivity index (χ2v) is 8.34. The third kappa shape index (κ3) is 4.20. The van der Waals surface area contributed by atoms with Crippen LogP contribution in [0.5, 0.6) is 5.75 Å². The minimum absolute atomic E-state index is 0. The number of sulfonamides is 1. The van der Waals surface area contributed by atoms with Gasteiger partial charge in [0.15, 0.2) is 0 Å². The minimum atomic E-state index is -4.52. The van der Waals surface area contributed by atoms with Crippen LogP contribution in [-0.2, 0) is 20.1 Å². The zero-order valence-electron chi connectivity index (χ0n) is 12.6. The fraction of sp³-hybridized carbons (Fsp3) is 0. The molecule has 0 saturated heterocycles. The summed E-state index contributed by atoms with van der Waals surface area (Å²) in [4.78, 5) is -0.842. The van der Waals surface area contributed by atoms with Gasteiger partial charge in [-0.05, 0) is 30.3 Å². The van der Waals surface area contributed by atoms with E-state index in [1.807, 2.05) is 0 Å². The van der Waals surface area contributed by atoms with Crippen LogP contribution in [0.1, 0.15) is 0 Å². The number of rotatable bonds is 4. The molecule has 0 aliphatic rings. The third-order valence-electron chi connectivity index (χ3n) is 3.56. The Labute approximate surface area is 172 Å². The van der Waals surface area contributed by atoms with E-state index in [0.29, 0.717) is 10.8 Å². The molecular formula is C16H14NNaO6S2. The molecule has 7 nitrogen and oxygen atoms in total. The number of phenols is 1. The van der Waals surface area contributed by atoms with Crippen molar-refractivity contribution < 1.29 is 26.5 Å². The second kappa shape index (κ2) is 7.55. The van der Waals surface area contributed by atoms with E-state index in [1.165, 1.54) is 24.3 Å². The topological polar surface area (TPSA) is 121 Å². The first kappa shape index (κ1) is 20.7. The molecule has 0 aromatic heterocycles. The molecule has 0 fully saturated rings. The van der Waals surface area contributed by atoms with Crippen molar-refractivity contribution >= 4 is 66.2 Å². The van der Waals surface area contributed by atoms with Crippen molar-refractivity contribution in [1.29, 1.82) is 0 Å². The van der Waals surface area contributed by atoms with Crippen LogP contribution >= 0.6 is 0 Å². The van der Waals surface area contributed by atoms with Gasteiger partial charge in [0.1, 0.15) is 5.75 Å². The number of fused-ring (bicyclic) bond motifs is 1. The molecular weight excluding hydrogens is 389 g/mol. The van der Waals surface area contributed by atoms with Gasteiger partial charge in [-0.25, -0.2) is 8.42 Å². The van der Waals surface area contributed by atoms with Crippen LogP contribution in [0, 0.1) is 0 Å². The normalized spacial score (nSPS) is 11.7. The van der Waals surface area contributed by atoms with Gasteiger partial charge in [0.25, 0.3) is 20.1 Å². The molecule has 0 radical (unpaired) electrons. The van der Waals surface area contributed by atoms with E-state index in [4.69, 9.17) is 4.55 Å². The Morgan fingerprint density at radius 1 is 0.769 bits per heavy atom. The van der Waals surface area contributed by atoms with Gasteiger partial charge in [-0.15, -0.1) is 0 Å². The number of hydrogen-bond donors (Lipinski definition) is 3. The molecule has 0 amide bonds. The third-order valence-corrected chi connectivity index (χ3v) is 5.77. The van der Waals surface area contributed by atoms with Crippen LogP contribution in [0.2, 0.25) is 0 Å². The molecule has 10 heteroatoms. The van der Waals surface area contributed by atoms with Crippen molar-refractivity contribution in [2.75, 3.05) is 4.72 Å². The number of hydrogen-bond acceptors (Lipinski definition) is 5. The first-order valence-corrected chi connectivity index (χ1v) is 9.92. The van der Waals surface area contributed by atoms with Crippen molar-refractivity contribution in [3.63, 3.8) is 0 Å². The summed E-state index contributed by atoms with van der Waals surface area (Å²) >= 11 is 0. The Bertz CT molecular complexity index is 1180. The van der Waals surface area contributed by atoms with Gasteiger partial charge in [0.05, 0.1) is 15.5 Å². The molecule has 0 bridgehead atoms. The van der Waals surface area contributed by atoms with Crippen molar-refractivity contribution in [3.8, 4) is 5.75 Å². The van der Waals surface area contributed by atoms with Gasteiger partial charge in [-0.2, -0.15) is 8.42 Å². The summed E-state index contributed by atoms with van der Waals surface area (Å²) in [6.07, 6.45) is 0. The first-order chi connectivity index (χ1) is 11.7. The number of nitrogens with one attached hydrogen (secondary N) is 1. The quantitative estimate of drug-likeness (QED) is 0.452. The summed E-state index contributed by atoms with van der Waals surface area (Å²) < 4.78 is 58.9. The molecule has 3 aromatic rings. The summed E-state index contributed by atoms with van der Waals surface area (Å²) in [6, 6.07) is 13.8. The first-order valence-electron chi connectivity index (χ1n) is 6.99. The van der Waals surface area contributed by atoms with E-state index in [2.05, 4.69) is 4.72 Å². The Morgan fingerprint density at radius 2 is 1.35 bits per heavy atom. The number of benzene rings is 3. The molecule has 132 valence electrons. The van der Waals surface area contributed by atoms with Crippen LogP contribution in [0.25, 0.3) is 10.8 Å². The predicted octanol–water partition coefficient (Wildman–Crippen LogP) is 1.94. The van der Waals surface area contributed by atoms with Gasteiger partial charge in [-0.1, -0.05) is 30.3 Å². The zero-order valence-corrected chi connectivity index (χ0v) is 14.3. The average molecular weight is 403 g/mol. The van der Waals surface area contributed by atoms with Crippen molar-refractivity contribution in [2.24, 2.45) is 0 Å². The fourth-order valence-corrected chi connectivity index (χ4v) is 4.11. The van der Waals surface area contributed by atoms with E-state index in [9.17, 15) is 21.9 Å². The van der Waals surface area contributed by atoms with E-state index >= 15 is 0 Å². The molecule has 0 aliphatic heterocycles. The summed E-state index contributed by atoms with van der Waals surface area (Å²) in [5.74, 6) is 0.00641. The van der Waals surface area contributed by atoms with Crippen molar-refractivity contribution in [2.45, 2.75) is 9.79 Å². The van der Waals surface area contributed by atoms with Gasteiger partial charge >= 0.3 is 29.6 Å². The van der Waals surface area contributed by atoms with Crippen LogP contribution in [-0.4, -0.2) is 56.1 Å². The molecule has 0 saturated carbocycles. The zero-order chi connectivity index (χ0) is 18.2. The SMILES string of the molecule is O=S(=O)(O)c1cccc(S(=O)(=O)Nc2cccc3c(O)cccc23)c1.[NaH]. The molecule has 3 aromatic carbocycles. The molecule has 3 N–H and O–H groups in total. The van der Waals surface area contributed by atoms with Gasteiger partial charge < -0.3 is 5.11 Å². The monoisotopic (exact) mass is 403 g/mol. The van der Waals surface area contributed by atoms with Gasteiger partial charge in [0.2, 0.25) is 0 Å². The average Bonchev–Trinajstić information content (AvgIpc) is 2.55. The second-order valence-electron chi connectivity index (χ2n) is 5.23. The summed E-state index contributed by atoms with van der Waals surface area (Å²) in [5, 5.41) is 10.8. The summed E-state index contributed by atoms with van der Waals surface area (Å²) in [5.41, 5.74) is 0.227. The molecule has 0 heterocycles. The maximum atomic E-state index is 12.6. The Balaban J connectivity index is 0.00000243. The molecule has 3 rings (SSSR count). The van der Waals surface area contributed by atoms with Crippen LogP contribution in [0.4, 0.5) is 5.69 Å². The van der Waals surface area contributed by atoms with Crippen LogP contribution in [0.3, 0.4) is 0 Å². The number of phenolic OH excluding ortho intramolecular Hbond substituents is 1. The molecule has 0 spiro atoms. The molecule has 26 heavy (non-hydrogen) atoms. The van der Waals surface area contributed by atoms with Gasteiger partial charge in [0, 0.05) is 10.8 Å². The van der Waals surface area contributed by atoms with Crippen LogP contribution in [0.15, 0.2) is 70.5 Å². The molecule has 0 unspecified atom stereocenters. The standard InChI is InChI=1S/C16H13NO6S2.Na.H/c18-16-9-3-6-13-14(16)7-2-8-15(13)17-24(19,20)11-4-1-5-12(10-11)25(21,22)23;;/h1-10,17-18H,(H,21,22,23);;. The Morgan fingerprint density at radius 3 is 2.04 bits per heavy atom. The van der Waals surface area contributed by atoms with E-state index in [1.54, 1.807) is 24.3 Å². The summed E-state index contributed by atoms with van der Waals surface area (Å²) in [7, 11) is -8.63. The van der Waals surface area contributed by atoms with Crippen molar-refractivity contribution in [3.05, 3.63) is 60.7 Å². The van der Waals surface area contributed by atoms with E-state index in [-0.39, 0.29) is 45.9 Å². The van der Waals surface area contributed by atoms with Gasteiger partial charge in [-0.3, -0.25) is 9.27 Å². The number of aromatic hydroxyl groups is 1.